The highest BCUT2D eigenvalue weighted by Crippen LogP contribution is 2.22. The average molecular weight is 321 g/mol. The van der Waals surface area contributed by atoms with Crippen LogP contribution in [0.2, 0.25) is 0 Å². The lowest BCUT2D eigenvalue weighted by atomic mass is 9.95. The zero-order valence-corrected chi connectivity index (χ0v) is 14.6. The summed E-state index contributed by atoms with van der Waals surface area (Å²) in [5.41, 5.74) is 5.08. The molecule has 4 N–H and O–H groups in total. The lowest BCUT2D eigenvalue weighted by Crippen LogP contribution is -2.52. The van der Waals surface area contributed by atoms with Crippen molar-refractivity contribution in [2.75, 3.05) is 20.2 Å². The van der Waals surface area contributed by atoms with Crippen LogP contribution in [-0.2, 0) is 11.2 Å². The van der Waals surface area contributed by atoms with E-state index >= 15 is 0 Å². The molecule has 1 aromatic rings. The van der Waals surface area contributed by atoms with Crippen molar-refractivity contribution >= 4 is 11.6 Å². The molecule has 23 heavy (non-hydrogen) atoms. The van der Waals surface area contributed by atoms with E-state index < -0.39 is 0 Å². The standard InChI is InChI=1S/C18H28N2O3/c1-12(2)9-16(20-4)17(22)11-14-5-6-18(23-8-7-19)15(10-14)13(3)21/h5-6,10,12,16,20H,7-9,11,19H2,1-4H3/p+1/t16-/m0/s1. The summed E-state index contributed by atoms with van der Waals surface area (Å²) >= 11 is 0. The second-order valence-electron chi connectivity index (χ2n) is 6.20. The number of carbonyl (C=O) groups is 2. The van der Waals surface area contributed by atoms with Crippen molar-refractivity contribution in [3.63, 3.8) is 0 Å². The maximum atomic E-state index is 12.4. The van der Waals surface area contributed by atoms with Gasteiger partial charge in [-0.15, -0.1) is 0 Å². The molecule has 0 heterocycles. The molecule has 5 nitrogen and oxygen atoms in total. The van der Waals surface area contributed by atoms with E-state index in [4.69, 9.17) is 4.74 Å². The third-order valence-electron chi connectivity index (χ3n) is 3.65. The normalized spacial score (nSPS) is 12.3. The van der Waals surface area contributed by atoms with E-state index in [0.717, 1.165) is 12.0 Å². The lowest BCUT2D eigenvalue weighted by molar-refractivity contribution is -0.370. The maximum Gasteiger partial charge on any atom is 0.163 e. The number of nitrogens with one attached hydrogen (secondary N) is 1. The fourth-order valence-corrected chi connectivity index (χ4v) is 2.48. The number of hydrogen-bond acceptors (Lipinski definition) is 4. The van der Waals surface area contributed by atoms with Crippen LogP contribution in [0.3, 0.4) is 0 Å². The third-order valence-corrected chi connectivity index (χ3v) is 3.65. The zero-order chi connectivity index (χ0) is 17.4. The molecular weight excluding hydrogens is 292 g/mol. The van der Waals surface area contributed by atoms with Crippen molar-refractivity contribution in [2.24, 2.45) is 5.92 Å². The molecule has 0 bridgehead atoms. The molecule has 0 saturated heterocycles. The van der Waals surface area contributed by atoms with E-state index in [1.807, 2.05) is 13.1 Å². The van der Waals surface area contributed by atoms with E-state index in [2.05, 4.69) is 24.9 Å². The molecule has 0 aromatic heterocycles. The Bertz CT molecular complexity index is 541. The Kier molecular flexibility index (Phi) is 7.92. The third kappa shape index (κ3) is 6.12. The van der Waals surface area contributed by atoms with Gasteiger partial charge in [-0.05, 0) is 44.0 Å². The van der Waals surface area contributed by atoms with Crippen molar-refractivity contribution in [3.8, 4) is 5.75 Å². The Morgan fingerprint density at radius 2 is 2.00 bits per heavy atom. The smallest absolute Gasteiger partial charge is 0.163 e. The van der Waals surface area contributed by atoms with Gasteiger partial charge in [0.15, 0.2) is 11.6 Å². The Labute approximate surface area is 138 Å². The highest BCUT2D eigenvalue weighted by molar-refractivity contribution is 5.97. The van der Waals surface area contributed by atoms with Crippen molar-refractivity contribution < 1.29 is 20.1 Å². The molecule has 1 atom stereocenters. The highest BCUT2D eigenvalue weighted by atomic mass is 16.5. The number of ether oxygens (including phenoxy) is 1. The number of ketones is 2. The minimum absolute atomic E-state index is 0.0642. The lowest BCUT2D eigenvalue weighted by Gasteiger charge is -2.17. The van der Waals surface area contributed by atoms with Crippen LogP contribution in [0.1, 0.15) is 43.1 Å². The maximum absolute atomic E-state index is 12.4. The van der Waals surface area contributed by atoms with Gasteiger partial charge in [-0.3, -0.25) is 9.59 Å². The van der Waals surface area contributed by atoms with Crippen LogP contribution >= 0.6 is 0 Å². The summed E-state index contributed by atoms with van der Waals surface area (Å²) in [5.74, 6) is 1.08. The van der Waals surface area contributed by atoms with Gasteiger partial charge >= 0.3 is 0 Å². The summed E-state index contributed by atoms with van der Waals surface area (Å²) in [6, 6.07) is 5.23. The highest BCUT2D eigenvalue weighted by Gasteiger charge is 2.19. The summed E-state index contributed by atoms with van der Waals surface area (Å²) in [4.78, 5) is 24.2. The van der Waals surface area contributed by atoms with E-state index in [-0.39, 0.29) is 17.6 Å². The topological polar surface area (TPSA) is 83.0 Å². The minimum Gasteiger partial charge on any atom is -0.487 e. The van der Waals surface area contributed by atoms with Crippen LogP contribution < -0.4 is 15.8 Å². The molecule has 128 valence electrons. The molecular formula is C18H29N2O3+. The fraction of sp³-hybridized carbons (Fsp3) is 0.556. The van der Waals surface area contributed by atoms with E-state index in [1.54, 1.807) is 12.1 Å². The van der Waals surface area contributed by atoms with Crippen LogP contribution in [0.15, 0.2) is 18.2 Å². The number of likely N-dealkylation sites (N-methyl/N-ethyl adjacent to an activating group) is 1. The van der Waals surface area contributed by atoms with Crippen molar-refractivity contribution in [2.45, 2.75) is 39.7 Å². The minimum atomic E-state index is -0.155. The van der Waals surface area contributed by atoms with Crippen LogP contribution in [-0.4, -0.2) is 37.8 Å². The molecule has 1 rings (SSSR count). The fourth-order valence-electron chi connectivity index (χ4n) is 2.48. The van der Waals surface area contributed by atoms with Gasteiger partial charge in [0.25, 0.3) is 0 Å². The Morgan fingerprint density at radius 1 is 1.30 bits per heavy atom. The molecule has 5 heteroatoms. The molecule has 0 fully saturated rings. The molecule has 0 amide bonds. The van der Waals surface area contributed by atoms with E-state index in [1.165, 1.54) is 6.92 Å². The molecule has 0 unspecified atom stereocenters. The van der Waals surface area contributed by atoms with Crippen LogP contribution in [0.4, 0.5) is 0 Å². The molecule has 0 saturated carbocycles. The predicted molar refractivity (Wildman–Crippen MR) is 90.7 cm³/mol. The zero-order valence-electron chi connectivity index (χ0n) is 14.6. The van der Waals surface area contributed by atoms with Crippen molar-refractivity contribution in [1.29, 1.82) is 0 Å². The quantitative estimate of drug-likeness (QED) is 0.636. The average Bonchev–Trinajstić information content (AvgIpc) is 2.50. The molecule has 1 aromatic carbocycles. The first-order chi connectivity index (χ1) is 10.9. The van der Waals surface area contributed by atoms with Crippen LogP contribution in [0.25, 0.3) is 0 Å². The largest absolute Gasteiger partial charge is 0.487 e. The molecule has 0 aliphatic rings. The second kappa shape index (κ2) is 9.43. The van der Waals surface area contributed by atoms with Gasteiger partial charge < -0.3 is 15.8 Å². The first kappa shape index (κ1) is 19.3. The van der Waals surface area contributed by atoms with Gasteiger partial charge in [0, 0.05) is 6.42 Å². The van der Waals surface area contributed by atoms with Crippen LogP contribution in [0.5, 0.6) is 5.75 Å². The second-order valence-corrected chi connectivity index (χ2v) is 6.20. The van der Waals surface area contributed by atoms with Gasteiger partial charge in [0.05, 0.1) is 11.6 Å². The molecule has 0 aliphatic heterocycles. The SMILES string of the molecule is CN[C@@H](CC(C)C)C(=O)Cc1ccc(OCC[NH3+])c(C(C)=O)c1. The number of carbonyl (C=O) groups excluding carboxylic acids is 2. The van der Waals surface area contributed by atoms with Gasteiger partial charge in [-0.1, -0.05) is 19.9 Å². The molecule has 0 spiro atoms. The predicted octanol–water partition coefficient (Wildman–Crippen LogP) is 1.26. The Morgan fingerprint density at radius 3 is 2.52 bits per heavy atom. The number of hydrogen-bond donors (Lipinski definition) is 2. The van der Waals surface area contributed by atoms with Crippen molar-refractivity contribution in [3.05, 3.63) is 29.3 Å². The van der Waals surface area contributed by atoms with Crippen molar-refractivity contribution in [1.82, 2.24) is 5.32 Å². The molecule has 0 radical (unpaired) electrons. The number of quaternary nitrogens is 1. The number of Topliss-reactive ketones (excluding diaryl/α,β-unsaturated/α-hetero) is 2. The first-order valence-electron chi connectivity index (χ1n) is 8.14. The van der Waals surface area contributed by atoms with E-state index in [9.17, 15) is 9.59 Å². The summed E-state index contributed by atoms with van der Waals surface area (Å²) in [7, 11) is 1.81. The van der Waals surface area contributed by atoms with Gasteiger partial charge in [0.2, 0.25) is 0 Å². The van der Waals surface area contributed by atoms with E-state index in [0.29, 0.717) is 36.8 Å². The Balaban J connectivity index is 2.90. The summed E-state index contributed by atoms with van der Waals surface area (Å²) in [6.07, 6.45) is 1.12. The monoisotopic (exact) mass is 321 g/mol. The van der Waals surface area contributed by atoms with Crippen LogP contribution in [0, 0.1) is 5.92 Å². The van der Waals surface area contributed by atoms with Gasteiger partial charge in [-0.2, -0.15) is 0 Å². The van der Waals surface area contributed by atoms with Gasteiger partial charge in [-0.25, -0.2) is 0 Å². The number of rotatable bonds is 10. The summed E-state index contributed by atoms with van der Waals surface area (Å²) < 4.78 is 5.55. The summed E-state index contributed by atoms with van der Waals surface area (Å²) in [6.45, 7) is 6.80. The number of benzene rings is 1. The first-order valence-corrected chi connectivity index (χ1v) is 8.14. The van der Waals surface area contributed by atoms with Gasteiger partial charge in [0.1, 0.15) is 18.9 Å². The molecule has 0 aliphatic carbocycles. The Hall–Kier alpha value is -1.72. The summed E-state index contributed by atoms with van der Waals surface area (Å²) in [5, 5.41) is 3.08.